The van der Waals surface area contributed by atoms with Crippen LogP contribution in [0.5, 0.6) is 5.75 Å². The number of nitrogens with zero attached hydrogens (tertiary/aromatic N) is 2. The monoisotopic (exact) mass is 398 g/mol. The van der Waals surface area contributed by atoms with Crippen molar-refractivity contribution in [2.24, 2.45) is 0 Å². The molecule has 0 unspecified atom stereocenters. The van der Waals surface area contributed by atoms with Gasteiger partial charge in [0.15, 0.2) is 0 Å². The summed E-state index contributed by atoms with van der Waals surface area (Å²) in [6.45, 7) is 5.42. The molecule has 1 aliphatic rings. The number of carbonyl (C=O) groups excluding carboxylic acids is 1. The Morgan fingerprint density at radius 1 is 1.15 bits per heavy atom. The van der Waals surface area contributed by atoms with Gasteiger partial charge in [-0.25, -0.2) is 8.42 Å². The topological polar surface area (TPSA) is 76.1 Å². The maximum absolute atomic E-state index is 12.9. The van der Waals surface area contributed by atoms with Crippen LogP contribution in [0, 0.1) is 13.8 Å². The number of ether oxygens (including phenoxy) is 2. The number of benzene rings is 1. The van der Waals surface area contributed by atoms with E-state index in [1.165, 1.54) is 11.4 Å². The Kier molecular flexibility index (Phi) is 7.64. The smallest absolute Gasteiger partial charge is 0.248 e. The van der Waals surface area contributed by atoms with Gasteiger partial charge in [0.1, 0.15) is 12.4 Å². The summed E-state index contributed by atoms with van der Waals surface area (Å²) in [7, 11) is -0.569. The molecule has 1 saturated heterocycles. The average molecular weight is 399 g/mol. The minimum Gasteiger partial charge on any atom is -0.497 e. The van der Waals surface area contributed by atoms with Crippen molar-refractivity contribution in [1.29, 1.82) is 0 Å². The molecule has 27 heavy (non-hydrogen) atoms. The fourth-order valence-corrected chi connectivity index (χ4v) is 4.86. The van der Waals surface area contributed by atoms with Crippen molar-refractivity contribution in [3.8, 4) is 5.75 Å². The number of hydrogen-bond donors (Lipinski definition) is 0. The van der Waals surface area contributed by atoms with E-state index in [1.807, 2.05) is 4.90 Å². The van der Waals surface area contributed by atoms with Crippen molar-refractivity contribution in [2.45, 2.75) is 38.0 Å². The first kappa shape index (κ1) is 21.7. The lowest BCUT2D eigenvalue weighted by Crippen LogP contribution is -2.38. The molecule has 1 amide bonds. The number of sulfonamides is 1. The lowest BCUT2D eigenvalue weighted by molar-refractivity contribution is -0.137. The average Bonchev–Trinajstić information content (AvgIpc) is 2.64. The van der Waals surface area contributed by atoms with Crippen molar-refractivity contribution in [3.05, 3.63) is 23.3 Å². The second-order valence-corrected chi connectivity index (χ2v) is 8.89. The zero-order valence-electron chi connectivity index (χ0n) is 16.7. The van der Waals surface area contributed by atoms with Gasteiger partial charge < -0.3 is 14.4 Å². The second kappa shape index (κ2) is 9.52. The number of likely N-dealkylation sites (N-methyl/N-ethyl adjacent to an activating group) is 1. The van der Waals surface area contributed by atoms with Crippen LogP contribution in [-0.4, -0.2) is 70.5 Å². The molecule has 0 aliphatic carbocycles. The molecular formula is C19H30N2O5S. The van der Waals surface area contributed by atoms with Gasteiger partial charge in [-0.1, -0.05) is 0 Å². The number of aryl methyl sites for hydroxylation is 2. The molecule has 1 fully saturated rings. The maximum Gasteiger partial charge on any atom is 0.248 e. The van der Waals surface area contributed by atoms with Crippen LogP contribution in [0.1, 0.15) is 30.4 Å². The zero-order chi connectivity index (χ0) is 20.0. The first-order valence-electron chi connectivity index (χ1n) is 9.24. The predicted molar refractivity (Wildman–Crippen MR) is 104 cm³/mol. The highest BCUT2D eigenvalue weighted by atomic mass is 32.2. The third-order valence-electron chi connectivity index (χ3n) is 4.82. The molecule has 1 aromatic carbocycles. The van der Waals surface area contributed by atoms with E-state index in [4.69, 9.17) is 9.47 Å². The number of likely N-dealkylation sites (tertiary alicyclic amines) is 1. The van der Waals surface area contributed by atoms with Gasteiger partial charge in [-0.3, -0.25) is 4.79 Å². The number of methoxy groups -OCH3 is 1. The normalized spacial score (nSPS) is 15.2. The Bertz CT molecular complexity index is 734. The summed E-state index contributed by atoms with van der Waals surface area (Å²) >= 11 is 0. The Morgan fingerprint density at radius 3 is 2.30 bits per heavy atom. The third kappa shape index (κ3) is 5.43. The van der Waals surface area contributed by atoms with Gasteiger partial charge in [0.05, 0.1) is 18.6 Å². The number of piperidine rings is 1. The molecule has 0 spiro atoms. The summed E-state index contributed by atoms with van der Waals surface area (Å²) in [6, 6.07) is 3.42. The maximum atomic E-state index is 12.9. The van der Waals surface area contributed by atoms with E-state index < -0.39 is 10.0 Å². The molecule has 1 aromatic rings. The van der Waals surface area contributed by atoms with E-state index in [0.717, 1.165) is 32.4 Å². The molecule has 152 valence electrons. The highest BCUT2D eigenvalue weighted by Gasteiger charge is 2.25. The van der Waals surface area contributed by atoms with Gasteiger partial charge in [0, 0.05) is 26.7 Å². The number of amides is 1. The van der Waals surface area contributed by atoms with Crippen LogP contribution in [0.3, 0.4) is 0 Å². The lowest BCUT2D eigenvalue weighted by Gasteiger charge is -2.26. The number of rotatable bonds is 8. The summed E-state index contributed by atoms with van der Waals surface area (Å²) in [4.78, 5) is 14.2. The summed E-state index contributed by atoms with van der Waals surface area (Å²) in [5.41, 5.74) is 1.28. The van der Waals surface area contributed by atoms with E-state index in [0.29, 0.717) is 16.9 Å². The van der Waals surface area contributed by atoms with E-state index in [1.54, 1.807) is 33.1 Å². The van der Waals surface area contributed by atoms with E-state index in [9.17, 15) is 13.2 Å². The Labute approximate surface area is 162 Å². The molecule has 1 aliphatic heterocycles. The van der Waals surface area contributed by atoms with Crippen LogP contribution >= 0.6 is 0 Å². The standard InChI is InChI=1S/C19H30N2O5S/c1-15-12-17(25-4)13-16(2)19(15)27(23,24)20(3)10-11-26-14-18(22)21-8-6-5-7-9-21/h12-13H,5-11,14H2,1-4H3. The molecule has 2 rings (SSSR count). The van der Waals surface area contributed by atoms with E-state index >= 15 is 0 Å². The molecule has 8 heteroatoms. The molecule has 0 bridgehead atoms. The van der Waals surface area contributed by atoms with Crippen LogP contribution in [0.25, 0.3) is 0 Å². The van der Waals surface area contributed by atoms with Gasteiger partial charge in [-0.15, -0.1) is 0 Å². The van der Waals surface area contributed by atoms with Crippen LogP contribution in [0.4, 0.5) is 0 Å². The largest absolute Gasteiger partial charge is 0.497 e. The van der Waals surface area contributed by atoms with Crippen LogP contribution < -0.4 is 4.74 Å². The third-order valence-corrected chi connectivity index (χ3v) is 6.99. The summed E-state index contributed by atoms with van der Waals surface area (Å²) in [6.07, 6.45) is 3.23. The second-order valence-electron chi connectivity index (χ2n) is 6.91. The van der Waals surface area contributed by atoms with Crippen molar-refractivity contribution in [3.63, 3.8) is 0 Å². The molecule has 0 radical (unpaired) electrons. The van der Waals surface area contributed by atoms with Crippen molar-refractivity contribution < 1.29 is 22.7 Å². The molecule has 0 saturated carbocycles. The summed E-state index contributed by atoms with van der Waals surface area (Å²) in [5.74, 6) is 0.605. The molecule has 0 atom stereocenters. The molecule has 1 heterocycles. The van der Waals surface area contributed by atoms with Crippen LogP contribution in [0.2, 0.25) is 0 Å². The van der Waals surface area contributed by atoms with Gasteiger partial charge in [-0.05, 0) is 56.4 Å². The number of hydrogen-bond acceptors (Lipinski definition) is 5. The first-order valence-corrected chi connectivity index (χ1v) is 10.7. The Balaban J connectivity index is 1.91. The van der Waals surface area contributed by atoms with Gasteiger partial charge in [0.2, 0.25) is 15.9 Å². The van der Waals surface area contributed by atoms with E-state index in [2.05, 4.69) is 0 Å². The Morgan fingerprint density at radius 2 is 1.74 bits per heavy atom. The summed E-state index contributed by atoms with van der Waals surface area (Å²) in [5, 5.41) is 0. The van der Waals surface area contributed by atoms with Gasteiger partial charge in [0.25, 0.3) is 0 Å². The Hall–Kier alpha value is -1.64. The van der Waals surface area contributed by atoms with Crippen molar-refractivity contribution in [1.82, 2.24) is 9.21 Å². The van der Waals surface area contributed by atoms with Crippen molar-refractivity contribution >= 4 is 15.9 Å². The predicted octanol–water partition coefficient (Wildman–Crippen LogP) is 1.96. The van der Waals surface area contributed by atoms with Crippen molar-refractivity contribution in [2.75, 3.05) is 47.0 Å². The highest BCUT2D eigenvalue weighted by Crippen LogP contribution is 2.27. The van der Waals surface area contributed by atoms with Gasteiger partial charge >= 0.3 is 0 Å². The molecular weight excluding hydrogens is 368 g/mol. The molecule has 0 aromatic heterocycles. The fraction of sp³-hybridized carbons (Fsp3) is 0.632. The highest BCUT2D eigenvalue weighted by molar-refractivity contribution is 7.89. The zero-order valence-corrected chi connectivity index (χ0v) is 17.5. The van der Waals surface area contributed by atoms with Crippen LogP contribution in [-0.2, 0) is 19.6 Å². The minimum absolute atomic E-state index is 0.00548. The van der Waals surface area contributed by atoms with E-state index in [-0.39, 0.29) is 30.6 Å². The van der Waals surface area contributed by atoms with Gasteiger partial charge in [-0.2, -0.15) is 4.31 Å². The fourth-order valence-electron chi connectivity index (χ4n) is 3.30. The molecule has 0 N–H and O–H groups in total. The SMILES string of the molecule is COc1cc(C)c(S(=O)(=O)N(C)CCOCC(=O)N2CCCCC2)c(C)c1. The lowest BCUT2D eigenvalue weighted by atomic mass is 10.1. The van der Waals surface area contributed by atoms with Crippen LogP contribution in [0.15, 0.2) is 17.0 Å². The first-order chi connectivity index (χ1) is 12.8. The quantitative estimate of drug-likeness (QED) is 0.626. The molecule has 7 nitrogen and oxygen atoms in total. The minimum atomic E-state index is -3.64. The number of carbonyl (C=O) groups is 1. The summed E-state index contributed by atoms with van der Waals surface area (Å²) < 4.78 is 37.7.